The van der Waals surface area contributed by atoms with Gasteiger partial charge in [0.05, 0.1) is 0 Å². The van der Waals surface area contributed by atoms with Crippen molar-refractivity contribution in [3.63, 3.8) is 0 Å². The second-order valence-electron chi connectivity index (χ2n) is 8.36. The molecule has 0 amide bonds. The predicted octanol–water partition coefficient (Wildman–Crippen LogP) is 7.08. The van der Waals surface area contributed by atoms with Crippen molar-refractivity contribution in [2.24, 2.45) is 0 Å². The van der Waals surface area contributed by atoms with Crippen molar-refractivity contribution in [2.75, 3.05) is 19.5 Å². The van der Waals surface area contributed by atoms with Crippen LogP contribution in [0.2, 0.25) is 0 Å². The zero-order valence-corrected chi connectivity index (χ0v) is 18.9. The highest BCUT2D eigenvalue weighted by Gasteiger charge is 2.09. The zero-order valence-electron chi connectivity index (χ0n) is 18.0. The third-order valence-electron chi connectivity index (χ3n) is 5.64. The second-order valence-corrected chi connectivity index (χ2v) is 11.0. The summed E-state index contributed by atoms with van der Waals surface area (Å²) in [6.07, 6.45) is 4.57. The fraction of sp³-hybridized carbons (Fsp3) is 0.333. The highest BCUT2D eigenvalue weighted by molar-refractivity contribution is 7.55. The van der Waals surface area contributed by atoms with E-state index in [1.807, 2.05) is 0 Å². The third-order valence-corrected chi connectivity index (χ3v) is 6.75. The van der Waals surface area contributed by atoms with Gasteiger partial charge in [-0.15, -0.1) is 7.92 Å². The van der Waals surface area contributed by atoms with Gasteiger partial charge in [-0.05, 0) is 104 Å². The van der Waals surface area contributed by atoms with Crippen LogP contribution in [0, 0.1) is 20.8 Å². The molecule has 0 nitrogen and oxygen atoms in total. The maximum absolute atomic E-state index is 2.42. The molecule has 0 spiro atoms. The molecule has 0 aliphatic carbocycles. The zero-order chi connectivity index (χ0) is 20.1. The normalized spacial score (nSPS) is 11.2. The van der Waals surface area contributed by atoms with Gasteiger partial charge in [0.15, 0.2) is 0 Å². The summed E-state index contributed by atoms with van der Waals surface area (Å²) in [5, 5.41) is 0. The van der Waals surface area contributed by atoms with Crippen molar-refractivity contribution in [1.82, 2.24) is 0 Å². The molecule has 0 aromatic heterocycles. The maximum atomic E-state index is 2.42. The molecule has 28 heavy (non-hydrogen) atoms. The fourth-order valence-electron chi connectivity index (χ4n) is 3.90. The Balaban J connectivity index is 1.81. The summed E-state index contributed by atoms with van der Waals surface area (Å²) < 4.78 is 0. The Morgan fingerprint density at radius 1 is 0.643 bits per heavy atom. The molecule has 3 aromatic rings. The molecule has 0 radical (unpaired) electrons. The number of benzene rings is 3. The van der Waals surface area contributed by atoms with Crippen LogP contribution in [-0.2, 0) is 19.3 Å². The van der Waals surface area contributed by atoms with Gasteiger partial charge in [-0.2, -0.15) is 0 Å². The fourth-order valence-corrected chi connectivity index (χ4v) is 4.61. The molecule has 0 aliphatic heterocycles. The van der Waals surface area contributed by atoms with Crippen LogP contribution in [0.15, 0.2) is 60.7 Å². The van der Waals surface area contributed by atoms with Crippen molar-refractivity contribution in [3.05, 3.63) is 105 Å². The topological polar surface area (TPSA) is 0 Å². The van der Waals surface area contributed by atoms with Crippen LogP contribution in [0.4, 0.5) is 0 Å². The average molecular weight is 389 g/mol. The van der Waals surface area contributed by atoms with Crippen LogP contribution in [0.5, 0.6) is 0 Å². The molecular weight excluding hydrogens is 355 g/mol. The lowest BCUT2D eigenvalue weighted by atomic mass is 9.91. The van der Waals surface area contributed by atoms with E-state index in [1.165, 1.54) is 57.1 Å². The summed E-state index contributed by atoms with van der Waals surface area (Å²) >= 11 is 0. The van der Waals surface area contributed by atoms with E-state index in [9.17, 15) is 0 Å². The van der Waals surface area contributed by atoms with Gasteiger partial charge in [0.1, 0.15) is 0 Å². The Labute approximate surface area is 172 Å². The molecule has 0 saturated heterocycles. The van der Waals surface area contributed by atoms with E-state index in [4.69, 9.17) is 0 Å². The molecule has 0 unspecified atom stereocenters. The van der Waals surface area contributed by atoms with Crippen LogP contribution in [0.1, 0.15) is 44.5 Å². The van der Waals surface area contributed by atoms with E-state index in [1.54, 1.807) is 0 Å². The molecule has 0 fully saturated rings. The van der Waals surface area contributed by atoms with Gasteiger partial charge < -0.3 is 0 Å². The highest BCUT2D eigenvalue weighted by Crippen LogP contribution is 2.27. The van der Waals surface area contributed by atoms with Crippen LogP contribution in [0.25, 0.3) is 0 Å². The molecule has 0 atom stereocenters. The largest absolute Gasteiger partial charge is 0.113 e. The molecule has 0 saturated carbocycles. The van der Waals surface area contributed by atoms with Crippen LogP contribution in [-0.4, -0.2) is 19.5 Å². The molecule has 0 N–H and O–H groups in total. The number of aryl methyl sites for hydroxylation is 4. The monoisotopic (exact) mass is 388 g/mol. The first-order valence-electron chi connectivity index (χ1n) is 10.3. The molecule has 0 aliphatic rings. The van der Waals surface area contributed by atoms with Gasteiger partial charge in [-0.25, -0.2) is 0 Å². The Bertz CT molecular complexity index is 899. The molecule has 0 bridgehead atoms. The quantitative estimate of drug-likeness (QED) is 0.379. The second kappa shape index (κ2) is 9.53. The van der Waals surface area contributed by atoms with Crippen molar-refractivity contribution >= 4 is 7.92 Å². The highest BCUT2D eigenvalue weighted by atomic mass is 31.1. The van der Waals surface area contributed by atoms with Gasteiger partial charge in [0.2, 0.25) is 0 Å². The minimum atomic E-state index is 0.181. The van der Waals surface area contributed by atoms with E-state index >= 15 is 0 Å². The lowest BCUT2D eigenvalue weighted by molar-refractivity contribution is 1.06. The Morgan fingerprint density at radius 3 is 1.96 bits per heavy atom. The summed E-state index contributed by atoms with van der Waals surface area (Å²) in [6, 6.07) is 22.6. The standard InChI is InChI=1S/C27H33P/c1-20-11-12-24(18-26(20)17-23-9-7-6-8-10-23)19-27-21(2)15-25(16-22(27)3)13-14-28(4)5/h6-12,15-16,18H,13-14,17,19H2,1-5H3. The molecule has 146 valence electrons. The number of hydrogen-bond donors (Lipinski definition) is 0. The Morgan fingerprint density at radius 2 is 1.32 bits per heavy atom. The van der Waals surface area contributed by atoms with Crippen molar-refractivity contribution in [3.8, 4) is 0 Å². The molecule has 3 rings (SSSR count). The molecule has 3 aromatic carbocycles. The Kier molecular flexibility index (Phi) is 7.08. The predicted molar refractivity (Wildman–Crippen MR) is 126 cm³/mol. The first kappa shape index (κ1) is 20.8. The molecular formula is C27H33P. The van der Waals surface area contributed by atoms with Gasteiger partial charge in [0, 0.05) is 0 Å². The van der Waals surface area contributed by atoms with E-state index < -0.39 is 0 Å². The lowest BCUT2D eigenvalue weighted by Crippen LogP contribution is -2.01. The van der Waals surface area contributed by atoms with Crippen LogP contribution in [0.3, 0.4) is 0 Å². The number of hydrogen-bond acceptors (Lipinski definition) is 0. The van der Waals surface area contributed by atoms with Gasteiger partial charge in [0.25, 0.3) is 0 Å². The molecule has 0 heterocycles. The molecule has 1 heteroatoms. The number of rotatable bonds is 7. The average Bonchev–Trinajstić information content (AvgIpc) is 2.66. The SMILES string of the molecule is Cc1ccc(Cc2c(C)cc(CCP(C)C)cc2C)cc1Cc1ccccc1. The van der Waals surface area contributed by atoms with Crippen molar-refractivity contribution in [1.29, 1.82) is 0 Å². The summed E-state index contributed by atoms with van der Waals surface area (Å²) in [5.74, 6) is 0. The van der Waals surface area contributed by atoms with Gasteiger partial charge in [-0.1, -0.05) is 60.7 Å². The lowest BCUT2D eigenvalue weighted by Gasteiger charge is -2.15. The van der Waals surface area contributed by atoms with Crippen LogP contribution >= 0.6 is 7.92 Å². The van der Waals surface area contributed by atoms with Crippen molar-refractivity contribution in [2.45, 2.75) is 40.0 Å². The minimum absolute atomic E-state index is 0.181. The maximum Gasteiger partial charge on any atom is -0.00204 e. The minimum Gasteiger partial charge on any atom is -0.113 e. The smallest absolute Gasteiger partial charge is 0.00204 e. The first-order chi connectivity index (χ1) is 13.4. The van der Waals surface area contributed by atoms with Gasteiger partial charge in [-0.3, -0.25) is 0 Å². The summed E-state index contributed by atoms with van der Waals surface area (Å²) in [6.45, 7) is 11.5. The van der Waals surface area contributed by atoms with Crippen LogP contribution < -0.4 is 0 Å². The Hall–Kier alpha value is -1.91. The van der Waals surface area contributed by atoms with E-state index in [0.29, 0.717) is 0 Å². The van der Waals surface area contributed by atoms with E-state index in [-0.39, 0.29) is 7.92 Å². The van der Waals surface area contributed by atoms with E-state index in [2.05, 4.69) is 94.8 Å². The van der Waals surface area contributed by atoms with Crippen molar-refractivity contribution < 1.29 is 0 Å². The first-order valence-corrected chi connectivity index (χ1v) is 12.7. The summed E-state index contributed by atoms with van der Waals surface area (Å²) in [5.41, 5.74) is 11.5. The summed E-state index contributed by atoms with van der Waals surface area (Å²) in [7, 11) is 0.181. The van der Waals surface area contributed by atoms with Gasteiger partial charge >= 0.3 is 0 Å². The van der Waals surface area contributed by atoms with E-state index in [0.717, 1.165) is 12.8 Å². The summed E-state index contributed by atoms with van der Waals surface area (Å²) in [4.78, 5) is 0. The third kappa shape index (κ3) is 5.55.